The highest BCUT2D eigenvalue weighted by Gasteiger charge is 2.42. The predicted octanol–water partition coefficient (Wildman–Crippen LogP) is 3.97. The third-order valence-corrected chi connectivity index (χ3v) is 3.87. The number of rotatable bonds is 3. The van der Waals surface area contributed by atoms with Crippen molar-refractivity contribution in [3.05, 3.63) is 29.8 Å². The minimum atomic E-state index is -4.17. The Morgan fingerprint density at radius 1 is 1.10 bits per heavy atom. The number of alkyl halides is 3. The summed E-state index contributed by atoms with van der Waals surface area (Å²) in [5.74, 6) is 0.765. The van der Waals surface area contributed by atoms with Gasteiger partial charge in [0.2, 0.25) is 0 Å². The molecule has 110 valence electrons. The normalized spacial score (nSPS) is 27.4. The van der Waals surface area contributed by atoms with Gasteiger partial charge in [0.15, 0.2) is 0 Å². The monoisotopic (exact) mass is 285 g/mol. The van der Waals surface area contributed by atoms with Gasteiger partial charge in [-0.15, -0.1) is 0 Å². The molecule has 0 radical (unpaired) electrons. The van der Waals surface area contributed by atoms with Crippen LogP contribution in [-0.2, 0) is 0 Å². The van der Waals surface area contributed by atoms with E-state index in [0.29, 0.717) is 12.5 Å². The molecule has 1 heterocycles. The molecule has 3 rings (SSSR count). The predicted molar refractivity (Wildman–Crippen MR) is 69.7 cm³/mol. The molecule has 0 aromatic heterocycles. The molecule has 2 nitrogen and oxygen atoms in total. The maximum Gasteiger partial charge on any atom is 0.403 e. The van der Waals surface area contributed by atoms with Crippen molar-refractivity contribution < 1.29 is 17.9 Å². The van der Waals surface area contributed by atoms with Gasteiger partial charge in [0.25, 0.3) is 0 Å². The summed E-state index contributed by atoms with van der Waals surface area (Å²) >= 11 is 0. The van der Waals surface area contributed by atoms with Gasteiger partial charge in [-0.3, -0.25) is 5.32 Å². The summed E-state index contributed by atoms with van der Waals surface area (Å²) in [5, 5.41) is 2.73. The van der Waals surface area contributed by atoms with E-state index in [9.17, 15) is 13.2 Å². The van der Waals surface area contributed by atoms with Gasteiger partial charge in [-0.05, 0) is 49.8 Å². The number of piperidine rings is 1. The highest BCUT2D eigenvalue weighted by molar-refractivity contribution is 5.31. The number of benzene rings is 1. The van der Waals surface area contributed by atoms with Gasteiger partial charge in [-0.25, -0.2) is 0 Å². The average Bonchev–Trinajstić information content (AvgIpc) is 3.22. The zero-order chi connectivity index (χ0) is 14.2. The van der Waals surface area contributed by atoms with Gasteiger partial charge >= 0.3 is 6.18 Å². The maximum absolute atomic E-state index is 12.8. The van der Waals surface area contributed by atoms with Crippen LogP contribution in [0.5, 0.6) is 5.75 Å². The SMILES string of the molecule is FC(F)(F)C1CCCC(c2cccc(OC3CC3)c2)N1. The van der Waals surface area contributed by atoms with Crippen LogP contribution in [-0.4, -0.2) is 18.3 Å². The molecule has 2 unspecified atom stereocenters. The lowest BCUT2D eigenvalue weighted by Gasteiger charge is -2.32. The molecule has 1 aliphatic carbocycles. The molecule has 1 aliphatic heterocycles. The van der Waals surface area contributed by atoms with Crippen LogP contribution in [0.2, 0.25) is 0 Å². The summed E-state index contributed by atoms with van der Waals surface area (Å²) in [6.45, 7) is 0. The largest absolute Gasteiger partial charge is 0.490 e. The second kappa shape index (κ2) is 5.28. The Hall–Kier alpha value is -1.23. The van der Waals surface area contributed by atoms with Crippen LogP contribution in [0.4, 0.5) is 13.2 Å². The molecule has 0 amide bonds. The Balaban J connectivity index is 1.71. The van der Waals surface area contributed by atoms with Crippen LogP contribution in [0.25, 0.3) is 0 Å². The van der Waals surface area contributed by atoms with Crippen LogP contribution >= 0.6 is 0 Å². The third-order valence-electron chi connectivity index (χ3n) is 3.87. The first-order valence-electron chi connectivity index (χ1n) is 7.12. The fourth-order valence-corrected chi connectivity index (χ4v) is 2.64. The van der Waals surface area contributed by atoms with E-state index in [0.717, 1.165) is 30.6 Å². The van der Waals surface area contributed by atoms with Crippen LogP contribution in [0, 0.1) is 0 Å². The van der Waals surface area contributed by atoms with Crippen molar-refractivity contribution in [2.75, 3.05) is 0 Å². The van der Waals surface area contributed by atoms with E-state index in [1.54, 1.807) is 0 Å². The Bertz CT molecular complexity index is 470. The minimum Gasteiger partial charge on any atom is -0.490 e. The minimum absolute atomic E-state index is 0.165. The van der Waals surface area contributed by atoms with Crippen molar-refractivity contribution in [2.45, 2.75) is 56.5 Å². The van der Waals surface area contributed by atoms with E-state index >= 15 is 0 Å². The van der Waals surface area contributed by atoms with Crippen molar-refractivity contribution in [2.24, 2.45) is 0 Å². The van der Waals surface area contributed by atoms with Crippen molar-refractivity contribution in [1.29, 1.82) is 0 Å². The smallest absolute Gasteiger partial charge is 0.403 e. The fourth-order valence-electron chi connectivity index (χ4n) is 2.64. The van der Waals surface area contributed by atoms with Crippen LogP contribution in [0.1, 0.15) is 43.7 Å². The van der Waals surface area contributed by atoms with E-state index < -0.39 is 12.2 Å². The summed E-state index contributed by atoms with van der Waals surface area (Å²) in [4.78, 5) is 0. The first kappa shape index (κ1) is 13.7. The molecular formula is C15H18F3NO. The topological polar surface area (TPSA) is 21.3 Å². The first-order chi connectivity index (χ1) is 9.52. The molecule has 2 fully saturated rings. The van der Waals surface area contributed by atoms with E-state index in [1.807, 2.05) is 24.3 Å². The lowest BCUT2D eigenvalue weighted by molar-refractivity contribution is -0.163. The number of hydrogen-bond donors (Lipinski definition) is 1. The summed E-state index contributed by atoms with van der Waals surface area (Å²) in [6, 6.07) is 5.83. The quantitative estimate of drug-likeness (QED) is 0.907. The van der Waals surface area contributed by atoms with Crippen LogP contribution in [0.3, 0.4) is 0 Å². The van der Waals surface area contributed by atoms with Crippen molar-refractivity contribution in [3.8, 4) is 5.75 Å². The number of ether oxygens (including phenoxy) is 1. The van der Waals surface area contributed by atoms with Gasteiger partial charge in [0, 0.05) is 6.04 Å². The molecule has 0 spiro atoms. The highest BCUT2D eigenvalue weighted by atomic mass is 19.4. The first-order valence-corrected chi connectivity index (χ1v) is 7.12. The van der Waals surface area contributed by atoms with Gasteiger partial charge in [-0.2, -0.15) is 13.2 Å². The van der Waals surface area contributed by atoms with Gasteiger partial charge in [0.1, 0.15) is 11.8 Å². The van der Waals surface area contributed by atoms with Crippen molar-refractivity contribution in [1.82, 2.24) is 5.32 Å². The second-order valence-corrected chi connectivity index (χ2v) is 5.63. The molecule has 5 heteroatoms. The maximum atomic E-state index is 12.8. The van der Waals surface area contributed by atoms with E-state index in [-0.39, 0.29) is 12.5 Å². The number of halogens is 3. The summed E-state index contributed by atoms with van der Waals surface area (Å²) in [6.07, 6.45) is -0.231. The van der Waals surface area contributed by atoms with E-state index in [4.69, 9.17) is 4.74 Å². The molecular weight excluding hydrogens is 267 g/mol. The van der Waals surface area contributed by atoms with Gasteiger partial charge < -0.3 is 4.74 Å². The summed E-state index contributed by atoms with van der Waals surface area (Å²) in [7, 11) is 0. The van der Waals surface area contributed by atoms with Gasteiger partial charge in [-0.1, -0.05) is 12.1 Å². The molecule has 1 aromatic rings. The standard InChI is InChI=1S/C15H18F3NO/c16-15(17,18)14-6-2-5-13(19-14)10-3-1-4-12(9-10)20-11-7-8-11/h1,3-4,9,11,13-14,19H,2,5-8H2. The Morgan fingerprint density at radius 3 is 2.60 bits per heavy atom. The third kappa shape index (κ3) is 3.26. The van der Waals surface area contributed by atoms with E-state index in [2.05, 4.69) is 5.32 Å². The molecule has 0 bridgehead atoms. The van der Waals surface area contributed by atoms with Crippen molar-refractivity contribution >= 4 is 0 Å². The molecule has 2 aliphatic rings. The van der Waals surface area contributed by atoms with Gasteiger partial charge in [0.05, 0.1) is 6.10 Å². The number of nitrogens with one attached hydrogen (secondary N) is 1. The highest BCUT2D eigenvalue weighted by Crippen LogP contribution is 2.34. The zero-order valence-electron chi connectivity index (χ0n) is 11.1. The van der Waals surface area contributed by atoms with Crippen molar-refractivity contribution in [3.63, 3.8) is 0 Å². The fraction of sp³-hybridized carbons (Fsp3) is 0.600. The molecule has 20 heavy (non-hydrogen) atoms. The molecule has 1 saturated carbocycles. The second-order valence-electron chi connectivity index (χ2n) is 5.63. The van der Waals surface area contributed by atoms with Crippen LogP contribution in [0.15, 0.2) is 24.3 Å². The lowest BCUT2D eigenvalue weighted by Crippen LogP contribution is -2.46. The summed E-state index contributed by atoms with van der Waals surface area (Å²) in [5.41, 5.74) is 0.886. The van der Waals surface area contributed by atoms with Crippen LogP contribution < -0.4 is 10.1 Å². The average molecular weight is 285 g/mol. The summed E-state index contributed by atoms with van der Waals surface area (Å²) < 4.78 is 44.1. The molecule has 2 atom stereocenters. The lowest BCUT2D eigenvalue weighted by atomic mass is 9.93. The Morgan fingerprint density at radius 2 is 1.90 bits per heavy atom. The number of hydrogen-bond acceptors (Lipinski definition) is 2. The Labute approximate surface area is 116 Å². The molecule has 1 saturated heterocycles. The Kier molecular flexibility index (Phi) is 3.63. The molecule has 1 aromatic carbocycles. The molecule has 1 N–H and O–H groups in total. The van der Waals surface area contributed by atoms with E-state index in [1.165, 1.54) is 0 Å². The zero-order valence-corrected chi connectivity index (χ0v) is 11.1.